The number of halogens is 1. The number of nitro benzene ring substituents is 1. The molecule has 1 aromatic heterocycles. The smallest absolute Gasteiger partial charge is 0.269 e. The van der Waals surface area contributed by atoms with E-state index < -0.39 is 10.8 Å². The number of nitrogens with zero attached hydrogens (tertiary/aromatic N) is 3. The summed E-state index contributed by atoms with van der Waals surface area (Å²) in [5, 5.41) is 14.2. The molecule has 2 heterocycles. The SMILES string of the molecule is O=C1Nc2ccc([N+](=O)[O-])cc2C1C(=Nc1ccc(-c2cnc[nH]2)cc1)c1ccc(Br)cc1. The Kier molecular flexibility index (Phi) is 5.31. The molecule has 9 heteroatoms. The van der Waals surface area contributed by atoms with Crippen LogP contribution in [0.1, 0.15) is 17.0 Å². The van der Waals surface area contributed by atoms with Gasteiger partial charge in [0.05, 0.1) is 34.5 Å². The van der Waals surface area contributed by atoms with Gasteiger partial charge in [0.1, 0.15) is 5.92 Å². The van der Waals surface area contributed by atoms with Crippen molar-refractivity contribution < 1.29 is 9.72 Å². The zero-order valence-corrected chi connectivity index (χ0v) is 18.6. The van der Waals surface area contributed by atoms with E-state index in [-0.39, 0.29) is 11.6 Å². The van der Waals surface area contributed by atoms with Gasteiger partial charge in [0, 0.05) is 27.9 Å². The highest BCUT2D eigenvalue weighted by atomic mass is 79.9. The standard InChI is InChI=1S/C24H16BrN5O3/c25-16-5-1-15(2-6-16)23(28-17-7-3-14(4-8-17)21-12-26-13-27-21)22-19-11-18(30(32)33)9-10-20(19)29-24(22)31/h1-13,22H,(H,26,27)(H,29,31). The van der Waals surface area contributed by atoms with E-state index >= 15 is 0 Å². The molecule has 3 aromatic carbocycles. The summed E-state index contributed by atoms with van der Waals surface area (Å²) in [7, 11) is 0. The lowest BCUT2D eigenvalue weighted by Crippen LogP contribution is -2.22. The molecule has 1 aliphatic heterocycles. The Balaban J connectivity index is 1.62. The third kappa shape index (κ3) is 4.06. The molecule has 0 saturated heterocycles. The number of hydrogen-bond acceptors (Lipinski definition) is 5. The molecule has 0 saturated carbocycles. The summed E-state index contributed by atoms with van der Waals surface area (Å²) in [4.78, 5) is 35.8. The largest absolute Gasteiger partial charge is 0.345 e. The van der Waals surface area contributed by atoms with E-state index in [1.165, 1.54) is 12.1 Å². The Bertz CT molecular complexity index is 1380. The average Bonchev–Trinajstić information content (AvgIpc) is 3.46. The van der Waals surface area contributed by atoms with Gasteiger partial charge in [-0.1, -0.05) is 40.2 Å². The van der Waals surface area contributed by atoms with Crippen molar-refractivity contribution in [1.82, 2.24) is 9.97 Å². The van der Waals surface area contributed by atoms with E-state index in [1.807, 2.05) is 48.5 Å². The summed E-state index contributed by atoms with van der Waals surface area (Å²) in [5.74, 6) is -1.06. The van der Waals surface area contributed by atoms with Crippen molar-refractivity contribution in [3.05, 3.63) is 105 Å². The van der Waals surface area contributed by atoms with Crippen LogP contribution in [-0.4, -0.2) is 26.5 Å². The van der Waals surface area contributed by atoms with Gasteiger partial charge >= 0.3 is 0 Å². The number of anilines is 1. The number of nitro groups is 1. The number of H-pyrrole nitrogens is 1. The number of aromatic amines is 1. The molecule has 1 aliphatic rings. The second-order valence-corrected chi connectivity index (χ2v) is 8.38. The first-order chi connectivity index (χ1) is 16.0. The molecular weight excluding hydrogens is 486 g/mol. The van der Waals surface area contributed by atoms with Crippen molar-refractivity contribution in [1.29, 1.82) is 0 Å². The fraction of sp³-hybridized carbons (Fsp3) is 0.0417. The fourth-order valence-corrected chi connectivity index (χ4v) is 4.08. The Morgan fingerprint density at radius 3 is 2.48 bits per heavy atom. The summed E-state index contributed by atoms with van der Waals surface area (Å²) in [6, 6.07) is 19.4. The third-order valence-electron chi connectivity index (χ3n) is 5.42. The maximum absolute atomic E-state index is 13.0. The molecule has 1 atom stereocenters. The number of amides is 1. The minimum absolute atomic E-state index is 0.0747. The molecular formula is C24H16BrN5O3. The first-order valence-electron chi connectivity index (χ1n) is 10.0. The van der Waals surface area contributed by atoms with E-state index in [1.54, 1.807) is 18.6 Å². The lowest BCUT2D eigenvalue weighted by molar-refractivity contribution is -0.384. The number of aliphatic imine (C=N–C) groups is 1. The van der Waals surface area contributed by atoms with E-state index in [0.29, 0.717) is 22.6 Å². The number of rotatable bonds is 5. The van der Waals surface area contributed by atoms with Crippen molar-refractivity contribution in [2.75, 3.05) is 5.32 Å². The summed E-state index contributed by atoms with van der Waals surface area (Å²) >= 11 is 3.43. The van der Waals surface area contributed by atoms with Gasteiger partial charge in [0.15, 0.2) is 0 Å². The maximum Gasteiger partial charge on any atom is 0.269 e. The van der Waals surface area contributed by atoms with Gasteiger partial charge in [0.25, 0.3) is 5.69 Å². The van der Waals surface area contributed by atoms with Gasteiger partial charge in [-0.3, -0.25) is 19.9 Å². The van der Waals surface area contributed by atoms with E-state index in [0.717, 1.165) is 21.3 Å². The molecule has 1 amide bonds. The highest BCUT2D eigenvalue weighted by Gasteiger charge is 2.36. The lowest BCUT2D eigenvalue weighted by atomic mass is 9.90. The summed E-state index contributed by atoms with van der Waals surface area (Å²) in [5.41, 5.74) is 4.76. The molecule has 0 fully saturated rings. The molecule has 5 rings (SSSR count). The van der Waals surface area contributed by atoms with Crippen LogP contribution in [0.5, 0.6) is 0 Å². The highest BCUT2D eigenvalue weighted by molar-refractivity contribution is 9.10. The van der Waals surface area contributed by atoms with Gasteiger partial charge in [-0.15, -0.1) is 0 Å². The molecule has 0 bridgehead atoms. The minimum Gasteiger partial charge on any atom is -0.345 e. The molecule has 0 spiro atoms. The normalized spacial score (nSPS) is 15.2. The fourth-order valence-electron chi connectivity index (χ4n) is 3.82. The Hall–Kier alpha value is -4.11. The monoisotopic (exact) mass is 501 g/mol. The first kappa shape index (κ1) is 20.8. The molecule has 0 aliphatic carbocycles. The summed E-state index contributed by atoms with van der Waals surface area (Å²) in [6.07, 6.45) is 3.35. The van der Waals surface area contributed by atoms with Crippen LogP contribution in [0.15, 0.2) is 88.7 Å². The summed E-state index contributed by atoms with van der Waals surface area (Å²) < 4.78 is 0.890. The lowest BCUT2D eigenvalue weighted by Gasteiger charge is -2.14. The van der Waals surface area contributed by atoms with E-state index in [4.69, 9.17) is 4.99 Å². The number of aromatic nitrogens is 2. The van der Waals surface area contributed by atoms with Crippen molar-refractivity contribution >= 4 is 44.6 Å². The van der Waals surface area contributed by atoms with Gasteiger partial charge < -0.3 is 10.3 Å². The van der Waals surface area contributed by atoms with Crippen LogP contribution in [0.4, 0.5) is 17.1 Å². The molecule has 1 unspecified atom stereocenters. The van der Waals surface area contributed by atoms with Gasteiger partial charge in [0.2, 0.25) is 5.91 Å². The van der Waals surface area contributed by atoms with E-state index in [2.05, 4.69) is 31.2 Å². The quantitative estimate of drug-likeness (QED) is 0.210. The molecule has 162 valence electrons. The molecule has 33 heavy (non-hydrogen) atoms. The Morgan fingerprint density at radius 2 is 1.82 bits per heavy atom. The summed E-state index contributed by atoms with van der Waals surface area (Å²) in [6.45, 7) is 0. The van der Waals surface area contributed by atoms with Crippen LogP contribution in [0, 0.1) is 10.1 Å². The topological polar surface area (TPSA) is 113 Å². The maximum atomic E-state index is 13.0. The van der Waals surface area contributed by atoms with Gasteiger partial charge in [-0.05, 0) is 41.5 Å². The number of imidazole rings is 1. The van der Waals surface area contributed by atoms with Crippen LogP contribution >= 0.6 is 15.9 Å². The number of hydrogen-bond donors (Lipinski definition) is 2. The predicted octanol–water partition coefficient (Wildman–Crippen LogP) is 5.60. The number of non-ortho nitro benzene ring substituents is 1. The second-order valence-electron chi connectivity index (χ2n) is 7.47. The third-order valence-corrected chi connectivity index (χ3v) is 5.95. The molecule has 2 N–H and O–H groups in total. The second kappa shape index (κ2) is 8.44. The van der Waals surface area contributed by atoms with Crippen LogP contribution in [0.2, 0.25) is 0 Å². The number of fused-ring (bicyclic) bond motifs is 1. The Morgan fingerprint density at radius 1 is 1.06 bits per heavy atom. The van der Waals surface area contributed by atoms with Gasteiger partial charge in [-0.25, -0.2) is 4.98 Å². The van der Waals surface area contributed by atoms with E-state index in [9.17, 15) is 14.9 Å². The molecule has 4 aromatic rings. The van der Waals surface area contributed by atoms with Crippen molar-refractivity contribution in [2.45, 2.75) is 5.92 Å². The Labute approximate surface area is 196 Å². The zero-order valence-electron chi connectivity index (χ0n) is 17.0. The number of nitrogens with one attached hydrogen (secondary N) is 2. The van der Waals surface area contributed by atoms with Crippen LogP contribution in [-0.2, 0) is 4.79 Å². The van der Waals surface area contributed by atoms with Crippen LogP contribution < -0.4 is 5.32 Å². The van der Waals surface area contributed by atoms with Crippen LogP contribution in [0.25, 0.3) is 11.3 Å². The predicted molar refractivity (Wildman–Crippen MR) is 129 cm³/mol. The molecule has 8 nitrogen and oxygen atoms in total. The number of benzene rings is 3. The highest BCUT2D eigenvalue weighted by Crippen LogP contribution is 2.38. The number of carbonyl (C=O) groups excluding carboxylic acids is 1. The molecule has 0 radical (unpaired) electrons. The first-order valence-corrected chi connectivity index (χ1v) is 10.8. The van der Waals surface area contributed by atoms with Gasteiger partial charge in [-0.2, -0.15) is 0 Å². The van der Waals surface area contributed by atoms with Crippen molar-refractivity contribution in [2.24, 2.45) is 4.99 Å². The average molecular weight is 502 g/mol. The number of carbonyl (C=O) groups is 1. The van der Waals surface area contributed by atoms with Crippen molar-refractivity contribution in [3.8, 4) is 11.3 Å². The van der Waals surface area contributed by atoms with Crippen LogP contribution in [0.3, 0.4) is 0 Å². The zero-order chi connectivity index (χ0) is 22.9. The minimum atomic E-state index is -0.784. The van der Waals surface area contributed by atoms with Crippen molar-refractivity contribution in [3.63, 3.8) is 0 Å².